The molecule has 0 aliphatic heterocycles. The molecule has 1 N–H and O–H groups in total. The molecule has 0 heterocycles. The molecule has 36 heavy (non-hydrogen) atoms. The van der Waals surface area contributed by atoms with Gasteiger partial charge in [-0.05, 0) is 47.4 Å². The zero-order valence-electron chi connectivity index (χ0n) is 24.3. The molecule has 2 rings (SSSR count). The van der Waals surface area contributed by atoms with Crippen LogP contribution in [-0.4, -0.2) is 45.8 Å². The summed E-state index contributed by atoms with van der Waals surface area (Å²) in [6.45, 7) is 22.9. The Kier molecular flexibility index (Phi) is 9.74. The SMILES string of the molecule is C[C@H](O[Si](C)(C)C(C)(C)C)C(=O)[C@H](C)[C@@H](O)[C@H](C)O[Si](c1ccccc1)(c1ccccc1)C(C)(C)C. The van der Waals surface area contributed by atoms with Gasteiger partial charge in [-0.1, -0.05) is 109 Å². The topological polar surface area (TPSA) is 55.8 Å². The van der Waals surface area contributed by atoms with E-state index in [2.05, 4.69) is 78.9 Å². The van der Waals surface area contributed by atoms with Crippen molar-refractivity contribution in [1.29, 1.82) is 0 Å². The van der Waals surface area contributed by atoms with E-state index < -0.39 is 40.9 Å². The van der Waals surface area contributed by atoms with Crippen LogP contribution in [0, 0.1) is 5.92 Å². The minimum atomic E-state index is -2.84. The van der Waals surface area contributed by atoms with Crippen molar-refractivity contribution in [3.05, 3.63) is 60.7 Å². The van der Waals surface area contributed by atoms with Crippen LogP contribution >= 0.6 is 0 Å². The maximum absolute atomic E-state index is 13.4. The van der Waals surface area contributed by atoms with Crippen LogP contribution in [-0.2, 0) is 13.6 Å². The van der Waals surface area contributed by atoms with Crippen LogP contribution in [0.5, 0.6) is 0 Å². The maximum Gasteiger partial charge on any atom is 0.261 e. The highest BCUT2D eigenvalue weighted by Gasteiger charge is 2.52. The summed E-state index contributed by atoms with van der Waals surface area (Å²) in [6.07, 6.45) is -2.07. The Morgan fingerprint density at radius 2 is 1.17 bits per heavy atom. The molecule has 4 atom stereocenters. The van der Waals surface area contributed by atoms with Gasteiger partial charge in [0.15, 0.2) is 14.1 Å². The molecule has 2 aromatic carbocycles. The predicted molar refractivity (Wildman–Crippen MR) is 156 cm³/mol. The van der Waals surface area contributed by atoms with Crippen LogP contribution in [0.15, 0.2) is 60.7 Å². The van der Waals surface area contributed by atoms with Crippen molar-refractivity contribution in [1.82, 2.24) is 0 Å². The smallest absolute Gasteiger partial charge is 0.261 e. The average molecular weight is 529 g/mol. The average Bonchev–Trinajstić information content (AvgIpc) is 2.80. The fourth-order valence-corrected chi connectivity index (χ4v) is 10.7. The van der Waals surface area contributed by atoms with Crippen LogP contribution in [0.3, 0.4) is 0 Å². The second kappa shape index (κ2) is 11.4. The lowest BCUT2D eigenvalue weighted by Gasteiger charge is -2.46. The van der Waals surface area contributed by atoms with Gasteiger partial charge in [-0.25, -0.2) is 0 Å². The molecular formula is C30H48O4Si2. The normalized spacial score (nSPS) is 16.8. The van der Waals surface area contributed by atoms with Gasteiger partial charge in [-0.15, -0.1) is 0 Å². The molecule has 0 aliphatic rings. The molecule has 0 spiro atoms. The number of aliphatic hydroxyl groups is 1. The summed E-state index contributed by atoms with van der Waals surface area (Å²) in [6, 6.07) is 20.7. The molecule has 0 saturated heterocycles. The Morgan fingerprint density at radius 3 is 1.53 bits per heavy atom. The van der Waals surface area contributed by atoms with Gasteiger partial charge < -0.3 is 14.0 Å². The fourth-order valence-electron chi connectivity index (χ4n) is 4.66. The van der Waals surface area contributed by atoms with Gasteiger partial charge in [0.05, 0.1) is 12.2 Å². The summed E-state index contributed by atoms with van der Waals surface area (Å²) >= 11 is 0. The summed E-state index contributed by atoms with van der Waals surface area (Å²) in [7, 11) is -4.96. The molecule has 2 aromatic rings. The first-order chi connectivity index (χ1) is 16.5. The molecule has 0 radical (unpaired) electrons. The quantitative estimate of drug-likeness (QED) is 0.389. The Morgan fingerprint density at radius 1 is 0.750 bits per heavy atom. The van der Waals surface area contributed by atoms with Crippen molar-refractivity contribution in [2.75, 3.05) is 0 Å². The molecular weight excluding hydrogens is 480 g/mol. The van der Waals surface area contributed by atoms with E-state index in [9.17, 15) is 9.90 Å². The first kappa shape index (κ1) is 30.6. The summed E-state index contributed by atoms with van der Waals surface area (Å²) in [5.74, 6) is -0.691. The van der Waals surface area contributed by atoms with Gasteiger partial charge in [0.2, 0.25) is 0 Å². The van der Waals surface area contributed by atoms with Gasteiger partial charge >= 0.3 is 0 Å². The van der Waals surface area contributed by atoms with Crippen molar-refractivity contribution in [3.63, 3.8) is 0 Å². The molecule has 0 saturated carbocycles. The minimum absolute atomic E-state index is 0.00305. The number of carbonyl (C=O) groups excluding carboxylic acids is 1. The highest BCUT2D eigenvalue weighted by Crippen LogP contribution is 2.39. The lowest BCUT2D eigenvalue weighted by atomic mass is 9.93. The standard InChI is InChI=1S/C30H48O4Si2/c1-22(27(31)23(2)33-35(10,11)29(4,5)6)28(32)24(3)34-36(30(7,8)9,25-18-14-12-15-19-25)26-20-16-13-17-21-26/h12-24,28,32H,1-11H3/t22-,23-,24-,28+/m0/s1. The second-order valence-corrected chi connectivity index (χ2v) is 21.7. The second-order valence-electron chi connectivity index (χ2n) is 12.7. The van der Waals surface area contributed by atoms with E-state index in [1.54, 1.807) is 6.92 Å². The summed E-state index contributed by atoms with van der Waals surface area (Å²) < 4.78 is 13.4. The molecule has 200 valence electrons. The van der Waals surface area contributed by atoms with E-state index in [-0.39, 0.29) is 15.9 Å². The van der Waals surface area contributed by atoms with E-state index in [1.165, 1.54) is 0 Å². The Labute approximate surface area is 221 Å². The first-order valence-corrected chi connectivity index (χ1v) is 18.0. The lowest BCUT2D eigenvalue weighted by Crippen LogP contribution is -2.68. The van der Waals surface area contributed by atoms with Crippen LogP contribution in [0.4, 0.5) is 0 Å². The first-order valence-electron chi connectivity index (χ1n) is 13.1. The number of hydrogen-bond donors (Lipinski definition) is 1. The van der Waals surface area contributed by atoms with E-state index in [0.717, 1.165) is 10.4 Å². The number of aliphatic hydroxyl groups excluding tert-OH is 1. The van der Waals surface area contributed by atoms with Gasteiger partial charge in [-0.3, -0.25) is 4.79 Å². The summed E-state index contributed by atoms with van der Waals surface area (Å²) in [5, 5.41) is 13.5. The summed E-state index contributed by atoms with van der Waals surface area (Å²) in [4.78, 5) is 13.4. The van der Waals surface area contributed by atoms with Gasteiger partial charge in [0.25, 0.3) is 8.32 Å². The molecule has 0 fully saturated rings. The van der Waals surface area contributed by atoms with Gasteiger partial charge in [-0.2, -0.15) is 0 Å². The van der Waals surface area contributed by atoms with Crippen LogP contribution in [0.1, 0.15) is 62.3 Å². The van der Waals surface area contributed by atoms with Crippen LogP contribution in [0.25, 0.3) is 0 Å². The summed E-state index contributed by atoms with van der Waals surface area (Å²) in [5.41, 5.74) is 0. The Balaban J connectivity index is 2.39. The Bertz CT molecular complexity index is 938. The van der Waals surface area contributed by atoms with E-state index in [4.69, 9.17) is 8.85 Å². The molecule has 0 bridgehead atoms. The molecule has 0 aromatic heterocycles. The zero-order chi connectivity index (χ0) is 27.5. The number of Topliss-reactive ketones (excluding diaryl/α,β-unsaturated/α-hetero) is 1. The van der Waals surface area contributed by atoms with Crippen molar-refractivity contribution in [2.24, 2.45) is 5.92 Å². The van der Waals surface area contributed by atoms with Crippen LogP contribution in [0.2, 0.25) is 23.2 Å². The number of ketones is 1. The van der Waals surface area contributed by atoms with Crippen molar-refractivity contribution in [2.45, 2.75) is 104 Å². The van der Waals surface area contributed by atoms with E-state index in [0.29, 0.717) is 0 Å². The van der Waals surface area contributed by atoms with Gasteiger partial charge in [0, 0.05) is 5.92 Å². The third-order valence-electron chi connectivity index (χ3n) is 7.90. The predicted octanol–water partition coefficient (Wildman–Crippen LogP) is 5.93. The van der Waals surface area contributed by atoms with Crippen LogP contribution < -0.4 is 10.4 Å². The molecule has 0 unspecified atom stereocenters. The maximum atomic E-state index is 13.4. The van der Waals surface area contributed by atoms with E-state index >= 15 is 0 Å². The molecule has 4 nitrogen and oxygen atoms in total. The van der Waals surface area contributed by atoms with Gasteiger partial charge in [0.1, 0.15) is 6.10 Å². The number of hydrogen-bond acceptors (Lipinski definition) is 4. The number of benzene rings is 2. The highest BCUT2D eigenvalue weighted by molar-refractivity contribution is 6.99. The fraction of sp³-hybridized carbons (Fsp3) is 0.567. The monoisotopic (exact) mass is 528 g/mol. The van der Waals surface area contributed by atoms with Crippen molar-refractivity contribution in [3.8, 4) is 0 Å². The Hall–Kier alpha value is -1.58. The van der Waals surface area contributed by atoms with E-state index in [1.807, 2.05) is 50.2 Å². The highest BCUT2D eigenvalue weighted by atomic mass is 28.4. The minimum Gasteiger partial charge on any atom is -0.407 e. The third-order valence-corrected chi connectivity index (χ3v) is 17.6. The largest absolute Gasteiger partial charge is 0.407 e. The molecule has 6 heteroatoms. The number of carbonyl (C=O) groups is 1. The van der Waals surface area contributed by atoms with Crippen molar-refractivity contribution >= 4 is 32.8 Å². The third kappa shape index (κ3) is 6.46. The molecule has 0 aliphatic carbocycles. The van der Waals surface area contributed by atoms with Crippen molar-refractivity contribution < 1.29 is 18.8 Å². The lowest BCUT2D eigenvalue weighted by molar-refractivity contribution is -0.134. The molecule has 0 amide bonds. The zero-order valence-corrected chi connectivity index (χ0v) is 26.3. The number of rotatable bonds is 10.